The van der Waals surface area contributed by atoms with Gasteiger partial charge in [-0.15, -0.1) is 0 Å². The van der Waals surface area contributed by atoms with Crippen molar-refractivity contribution < 1.29 is 9.18 Å². The second-order valence-electron chi connectivity index (χ2n) is 4.33. The first-order valence-electron chi connectivity index (χ1n) is 6.00. The number of rotatable bonds is 2. The number of halogens is 2. The van der Waals surface area contributed by atoms with E-state index in [0.29, 0.717) is 10.0 Å². The molecule has 0 aliphatic heterocycles. The zero-order valence-corrected chi connectivity index (χ0v) is 11.9. The van der Waals surface area contributed by atoms with Crippen LogP contribution in [-0.2, 0) is 0 Å². The lowest BCUT2D eigenvalue weighted by Crippen LogP contribution is -2.06. The van der Waals surface area contributed by atoms with Gasteiger partial charge < -0.3 is 0 Å². The Kier molecular flexibility index (Phi) is 3.32. The molecule has 0 aliphatic carbocycles. The van der Waals surface area contributed by atoms with Gasteiger partial charge in [-0.2, -0.15) is 0 Å². The molecule has 2 aromatic carbocycles. The van der Waals surface area contributed by atoms with Gasteiger partial charge in [-0.3, -0.25) is 9.78 Å². The summed E-state index contributed by atoms with van der Waals surface area (Å²) >= 11 is 3.23. The third kappa shape index (κ3) is 2.12. The van der Waals surface area contributed by atoms with Crippen LogP contribution in [0, 0.1) is 5.82 Å². The van der Waals surface area contributed by atoms with Crippen molar-refractivity contribution in [2.45, 2.75) is 0 Å². The van der Waals surface area contributed by atoms with Gasteiger partial charge in [0.15, 0.2) is 5.78 Å². The second kappa shape index (κ2) is 5.13. The Labute approximate surface area is 123 Å². The van der Waals surface area contributed by atoms with E-state index in [0.717, 1.165) is 10.8 Å². The SMILES string of the molecule is O=C(c1c(F)cccc1Br)c1cccc2ccncc12. The van der Waals surface area contributed by atoms with Crippen LogP contribution in [0.1, 0.15) is 15.9 Å². The van der Waals surface area contributed by atoms with E-state index in [-0.39, 0.29) is 11.3 Å². The third-order valence-electron chi connectivity index (χ3n) is 3.12. The van der Waals surface area contributed by atoms with Gasteiger partial charge in [-0.25, -0.2) is 4.39 Å². The molecule has 0 aliphatic rings. The summed E-state index contributed by atoms with van der Waals surface area (Å²) in [7, 11) is 0. The minimum Gasteiger partial charge on any atom is -0.288 e. The summed E-state index contributed by atoms with van der Waals surface area (Å²) in [6.07, 6.45) is 3.28. The van der Waals surface area contributed by atoms with E-state index < -0.39 is 5.82 Å². The number of nitrogens with zero attached hydrogens (tertiary/aromatic N) is 1. The molecule has 1 aromatic heterocycles. The van der Waals surface area contributed by atoms with E-state index in [1.165, 1.54) is 6.07 Å². The Balaban J connectivity index is 2.24. The molecular weight excluding hydrogens is 321 g/mol. The van der Waals surface area contributed by atoms with E-state index in [1.807, 2.05) is 12.1 Å². The van der Waals surface area contributed by atoms with Crippen LogP contribution in [0.3, 0.4) is 0 Å². The lowest BCUT2D eigenvalue weighted by molar-refractivity contribution is 0.103. The zero-order chi connectivity index (χ0) is 14.1. The van der Waals surface area contributed by atoms with Crippen LogP contribution in [-0.4, -0.2) is 10.8 Å². The monoisotopic (exact) mass is 329 g/mol. The summed E-state index contributed by atoms with van der Waals surface area (Å²) in [5.41, 5.74) is 0.491. The number of pyridine rings is 1. The molecule has 3 aromatic rings. The van der Waals surface area contributed by atoms with Gasteiger partial charge in [0.1, 0.15) is 5.82 Å². The third-order valence-corrected chi connectivity index (χ3v) is 3.78. The zero-order valence-electron chi connectivity index (χ0n) is 10.3. The van der Waals surface area contributed by atoms with Crippen molar-refractivity contribution in [3.8, 4) is 0 Å². The highest BCUT2D eigenvalue weighted by atomic mass is 79.9. The van der Waals surface area contributed by atoms with Gasteiger partial charge in [-0.05, 0) is 39.5 Å². The standard InChI is InChI=1S/C16H9BrFNO/c17-13-5-2-6-14(18)15(13)16(20)11-4-1-3-10-7-8-19-9-12(10)11/h1-9H. The van der Waals surface area contributed by atoms with Crippen LogP contribution >= 0.6 is 15.9 Å². The van der Waals surface area contributed by atoms with Crippen LogP contribution in [0.15, 0.2) is 59.3 Å². The average Bonchev–Trinajstić information content (AvgIpc) is 2.46. The molecule has 0 saturated carbocycles. The largest absolute Gasteiger partial charge is 0.288 e. The maximum Gasteiger partial charge on any atom is 0.197 e. The van der Waals surface area contributed by atoms with Crippen molar-refractivity contribution in [2.24, 2.45) is 0 Å². The molecule has 0 amide bonds. The predicted molar refractivity (Wildman–Crippen MR) is 79.3 cm³/mol. The first kappa shape index (κ1) is 12.9. The smallest absolute Gasteiger partial charge is 0.197 e. The molecule has 98 valence electrons. The molecule has 4 heteroatoms. The fraction of sp³-hybridized carbons (Fsp3) is 0. The van der Waals surface area contributed by atoms with Crippen molar-refractivity contribution in [2.75, 3.05) is 0 Å². The van der Waals surface area contributed by atoms with E-state index in [9.17, 15) is 9.18 Å². The number of carbonyl (C=O) groups is 1. The maximum absolute atomic E-state index is 13.9. The van der Waals surface area contributed by atoms with Gasteiger partial charge in [0.2, 0.25) is 0 Å². The quantitative estimate of drug-likeness (QED) is 0.653. The summed E-state index contributed by atoms with van der Waals surface area (Å²) in [5.74, 6) is -0.890. The van der Waals surface area contributed by atoms with Crippen molar-refractivity contribution in [1.82, 2.24) is 4.98 Å². The summed E-state index contributed by atoms with van der Waals surface area (Å²) in [4.78, 5) is 16.6. The van der Waals surface area contributed by atoms with E-state index >= 15 is 0 Å². The van der Waals surface area contributed by atoms with Crippen LogP contribution in [0.5, 0.6) is 0 Å². The number of aromatic nitrogens is 1. The minimum absolute atomic E-state index is 0.0452. The number of hydrogen-bond acceptors (Lipinski definition) is 2. The molecule has 3 rings (SSSR count). The second-order valence-corrected chi connectivity index (χ2v) is 5.18. The molecule has 0 N–H and O–H groups in total. The first-order chi connectivity index (χ1) is 9.68. The van der Waals surface area contributed by atoms with Crippen LogP contribution in [0.4, 0.5) is 4.39 Å². The molecule has 0 fully saturated rings. The maximum atomic E-state index is 13.9. The Morgan fingerprint density at radius 1 is 1.10 bits per heavy atom. The number of benzene rings is 2. The van der Waals surface area contributed by atoms with Crippen molar-refractivity contribution >= 4 is 32.5 Å². The molecule has 0 bridgehead atoms. The number of ketones is 1. The fourth-order valence-corrected chi connectivity index (χ4v) is 2.68. The fourth-order valence-electron chi connectivity index (χ4n) is 2.16. The first-order valence-corrected chi connectivity index (χ1v) is 6.79. The normalized spacial score (nSPS) is 10.7. The van der Waals surface area contributed by atoms with Crippen LogP contribution in [0.2, 0.25) is 0 Å². The molecule has 0 unspecified atom stereocenters. The van der Waals surface area contributed by atoms with Crippen molar-refractivity contribution in [3.05, 3.63) is 76.3 Å². The number of carbonyl (C=O) groups excluding carboxylic acids is 1. The Bertz CT molecular complexity index is 791. The average molecular weight is 330 g/mol. The Morgan fingerprint density at radius 3 is 2.70 bits per heavy atom. The summed E-state index contributed by atoms with van der Waals surface area (Å²) in [6.45, 7) is 0. The van der Waals surface area contributed by atoms with Gasteiger partial charge in [-0.1, -0.05) is 24.3 Å². The van der Waals surface area contributed by atoms with Crippen molar-refractivity contribution in [3.63, 3.8) is 0 Å². The van der Waals surface area contributed by atoms with E-state index in [4.69, 9.17) is 0 Å². The molecule has 0 atom stereocenters. The highest BCUT2D eigenvalue weighted by Gasteiger charge is 2.19. The summed E-state index contributed by atoms with van der Waals surface area (Å²) in [5, 5.41) is 1.62. The minimum atomic E-state index is -0.537. The summed E-state index contributed by atoms with van der Waals surface area (Å²) in [6, 6.07) is 11.7. The molecular formula is C16H9BrFNO. The predicted octanol–water partition coefficient (Wildman–Crippen LogP) is 4.37. The molecule has 2 nitrogen and oxygen atoms in total. The molecule has 0 spiro atoms. The van der Waals surface area contributed by atoms with Crippen molar-refractivity contribution in [1.29, 1.82) is 0 Å². The van der Waals surface area contributed by atoms with Gasteiger partial charge >= 0.3 is 0 Å². The topological polar surface area (TPSA) is 30.0 Å². The van der Waals surface area contributed by atoms with E-state index in [2.05, 4.69) is 20.9 Å². The van der Waals surface area contributed by atoms with E-state index in [1.54, 1.807) is 36.7 Å². The molecule has 1 heterocycles. The van der Waals surface area contributed by atoms with Crippen LogP contribution in [0.25, 0.3) is 10.8 Å². The summed E-state index contributed by atoms with van der Waals surface area (Å²) < 4.78 is 14.4. The number of fused-ring (bicyclic) bond motifs is 1. The van der Waals surface area contributed by atoms with Gasteiger partial charge in [0, 0.05) is 27.8 Å². The molecule has 0 saturated heterocycles. The lowest BCUT2D eigenvalue weighted by Gasteiger charge is -2.08. The lowest BCUT2D eigenvalue weighted by atomic mass is 9.98. The highest BCUT2D eigenvalue weighted by molar-refractivity contribution is 9.10. The Morgan fingerprint density at radius 2 is 1.90 bits per heavy atom. The van der Waals surface area contributed by atoms with Gasteiger partial charge in [0.25, 0.3) is 0 Å². The van der Waals surface area contributed by atoms with Gasteiger partial charge in [0.05, 0.1) is 5.56 Å². The molecule has 20 heavy (non-hydrogen) atoms. The number of hydrogen-bond donors (Lipinski definition) is 0. The molecule has 0 radical (unpaired) electrons. The van der Waals surface area contributed by atoms with Crippen LogP contribution < -0.4 is 0 Å². The highest BCUT2D eigenvalue weighted by Crippen LogP contribution is 2.26. The Hall–Kier alpha value is -2.07.